The Hall–Kier alpha value is -1.35. The fourth-order valence-corrected chi connectivity index (χ4v) is 2.24. The third-order valence-corrected chi connectivity index (χ3v) is 3.66. The standard InChI is InChI=1S/C16H26N2O/c1-11-10-12(2)14(4)15(13(11)3)16(19)17-8-7-9-18(5)6/h10H,7-9H2,1-6H3,(H,17,19). The van der Waals surface area contributed by atoms with Crippen LogP contribution in [0.5, 0.6) is 0 Å². The average Bonchev–Trinajstić information content (AvgIpc) is 2.32. The van der Waals surface area contributed by atoms with Crippen LogP contribution in [0.3, 0.4) is 0 Å². The number of rotatable bonds is 5. The van der Waals surface area contributed by atoms with Gasteiger partial charge in [0.05, 0.1) is 0 Å². The van der Waals surface area contributed by atoms with Crippen molar-refractivity contribution in [3.8, 4) is 0 Å². The monoisotopic (exact) mass is 262 g/mol. The van der Waals surface area contributed by atoms with E-state index in [1.54, 1.807) is 0 Å². The minimum Gasteiger partial charge on any atom is -0.352 e. The molecule has 19 heavy (non-hydrogen) atoms. The zero-order chi connectivity index (χ0) is 14.6. The molecule has 0 aliphatic rings. The van der Waals surface area contributed by atoms with Gasteiger partial charge in [0, 0.05) is 12.1 Å². The number of aryl methyl sites for hydroxylation is 2. The third-order valence-electron chi connectivity index (χ3n) is 3.66. The molecule has 3 heteroatoms. The normalized spacial score (nSPS) is 10.9. The molecule has 1 amide bonds. The Morgan fingerprint density at radius 1 is 1.11 bits per heavy atom. The van der Waals surface area contributed by atoms with Gasteiger partial charge in [-0.15, -0.1) is 0 Å². The molecule has 0 radical (unpaired) electrons. The average molecular weight is 262 g/mol. The summed E-state index contributed by atoms with van der Waals surface area (Å²) in [6.07, 6.45) is 0.974. The quantitative estimate of drug-likeness (QED) is 0.827. The largest absolute Gasteiger partial charge is 0.352 e. The number of carbonyl (C=O) groups excluding carboxylic acids is 1. The first-order valence-electron chi connectivity index (χ1n) is 6.85. The molecule has 0 spiro atoms. The molecular weight excluding hydrogens is 236 g/mol. The smallest absolute Gasteiger partial charge is 0.251 e. The van der Waals surface area contributed by atoms with Gasteiger partial charge in [0.2, 0.25) is 0 Å². The summed E-state index contributed by atoms with van der Waals surface area (Å²) in [5.41, 5.74) is 5.40. The van der Waals surface area contributed by atoms with Gasteiger partial charge in [-0.3, -0.25) is 4.79 Å². The second-order valence-corrected chi connectivity index (χ2v) is 5.55. The highest BCUT2D eigenvalue weighted by molar-refractivity contribution is 5.97. The SMILES string of the molecule is Cc1cc(C)c(C)c(C(=O)NCCCN(C)C)c1C. The van der Waals surface area contributed by atoms with Crippen molar-refractivity contribution in [1.82, 2.24) is 10.2 Å². The van der Waals surface area contributed by atoms with Crippen LogP contribution in [0, 0.1) is 27.7 Å². The van der Waals surface area contributed by atoms with Gasteiger partial charge in [-0.2, -0.15) is 0 Å². The molecule has 1 rings (SSSR count). The van der Waals surface area contributed by atoms with Crippen molar-refractivity contribution in [1.29, 1.82) is 0 Å². The van der Waals surface area contributed by atoms with E-state index < -0.39 is 0 Å². The van der Waals surface area contributed by atoms with Crippen LogP contribution in [-0.2, 0) is 0 Å². The first-order valence-corrected chi connectivity index (χ1v) is 6.85. The van der Waals surface area contributed by atoms with Crippen LogP contribution < -0.4 is 5.32 Å². The van der Waals surface area contributed by atoms with Crippen molar-refractivity contribution >= 4 is 5.91 Å². The minimum atomic E-state index is 0.0561. The van der Waals surface area contributed by atoms with Crippen LogP contribution in [0.15, 0.2) is 6.07 Å². The Bertz CT molecular complexity index is 438. The van der Waals surface area contributed by atoms with Crippen LogP contribution in [0.2, 0.25) is 0 Å². The highest BCUT2D eigenvalue weighted by Gasteiger charge is 2.15. The van der Waals surface area contributed by atoms with Crippen molar-refractivity contribution in [3.05, 3.63) is 33.9 Å². The Balaban J connectivity index is 2.77. The van der Waals surface area contributed by atoms with E-state index in [9.17, 15) is 4.79 Å². The number of hydrogen-bond donors (Lipinski definition) is 1. The van der Waals surface area contributed by atoms with Crippen molar-refractivity contribution in [2.75, 3.05) is 27.2 Å². The van der Waals surface area contributed by atoms with Gasteiger partial charge < -0.3 is 10.2 Å². The fraction of sp³-hybridized carbons (Fsp3) is 0.562. The van der Waals surface area contributed by atoms with Crippen molar-refractivity contribution in [3.63, 3.8) is 0 Å². The highest BCUT2D eigenvalue weighted by atomic mass is 16.1. The molecule has 0 aliphatic heterocycles. The molecule has 0 heterocycles. The Kier molecular flexibility index (Phi) is 5.55. The van der Waals surface area contributed by atoms with E-state index in [2.05, 4.69) is 30.1 Å². The van der Waals surface area contributed by atoms with Gasteiger partial charge in [-0.1, -0.05) is 6.07 Å². The van der Waals surface area contributed by atoms with Gasteiger partial charge in [-0.05, 0) is 77.0 Å². The predicted octanol–water partition coefficient (Wildman–Crippen LogP) is 2.60. The predicted molar refractivity (Wildman–Crippen MR) is 80.9 cm³/mol. The molecule has 1 aromatic rings. The number of nitrogens with zero attached hydrogens (tertiary/aromatic N) is 1. The van der Waals surface area contributed by atoms with E-state index in [4.69, 9.17) is 0 Å². The van der Waals surface area contributed by atoms with E-state index in [-0.39, 0.29) is 5.91 Å². The number of hydrogen-bond acceptors (Lipinski definition) is 2. The second kappa shape index (κ2) is 6.71. The van der Waals surface area contributed by atoms with E-state index in [0.717, 1.165) is 36.2 Å². The van der Waals surface area contributed by atoms with Gasteiger partial charge >= 0.3 is 0 Å². The number of benzene rings is 1. The zero-order valence-corrected chi connectivity index (χ0v) is 13.1. The van der Waals surface area contributed by atoms with Gasteiger partial charge in [0.1, 0.15) is 0 Å². The summed E-state index contributed by atoms with van der Waals surface area (Å²) in [6.45, 7) is 9.89. The Morgan fingerprint density at radius 3 is 2.11 bits per heavy atom. The van der Waals surface area contributed by atoms with Crippen LogP contribution in [-0.4, -0.2) is 38.0 Å². The summed E-state index contributed by atoms with van der Waals surface area (Å²) in [5.74, 6) is 0.0561. The van der Waals surface area contributed by atoms with Gasteiger partial charge in [0.15, 0.2) is 0 Å². The summed E-state index contributed by atoms with van der Waals surface area (Å²) in [7, 11) is 4.08. The molecule has 1 aromatic carbocycles. The summed E-state index contributed by atoms with van der Waals surface area (Å²) in [5, 5.41) is 3.02. The lowest BCUT2D eigenvalue weighted by molar-refractivity contribution is 0.0951. The van der Waals surface area contributed by atoms with Crippen LogP contribution in [0.4, 0.5) is 0 Å². The number of amides is 1. The van der Waals surface area contributed by atoms with Crippen LogP contribution in [0.25, 0.3) is 0 Å². The van der Waals surface area contributed by atoms with E-state index in [0.29, 0.717) is 0 Å². The molecule has 0 fully saturated rings. The summed E-state index contributed by atoms with van der Waals surface area (Å²) < 4.78 is 0. The fourth-order valence-electron chi connectivity index (χ4n) is 2.24. The molecule has 0 atom stereocenters. The van der Waals surface area contributed by atoms with Crippen molar-refractivity contribution < 1.29 is 4.79 Å². The molecule has 0 aromatic heterocycles. The first kappa shape index (κ1) is 15.7. The lowest BCUT2D eigenvalue weighted by Gasteiger charge is -2.15. The summed E-state index contributed by atoms with van der Waals surface area (Å²) in [6, 6.07) is 2.15. The number of nitrogens with one attached hydrogen (secondary N) is 1. The molecule has 1 N–H and O–H groups in total. The van der Waals surface area contributed by atoms with E-state index in [1.807, 2.05) is 27.9 Å². The van der Waals surface area contributed by atoms with Gasteiger partial charge in [-0.25, -0.2) is 0 Å². The van der Waals surface area contributed by atoms with Crippen LogP contribution in [0.1, 0.15) is 39.0 Å². The molecule has 3 nitrogen and oxygen atoms in total. The maximum absolute atomic E-state index is 12.3. The lowest BCUT2D eigenvalue weighted by Crippen LogP contribution is -2.28. The molecule has 0 saturated carbocycles. The molecule has 0 unspecified atom stereocenters. The van der Waals surface area contributed by atoms with Crippen molar-refractivity contribution in [2.24, 2.45) is 0 Å². The molecule has 106 valence electrons. The minimum absolute atomic E-state index is 0.0561. The second-order valence-electron chi connectivity index (χ2n) is 5.55. The zero-order valence-electron chi connectivity index (χ0n) is 13.1. The molecule has 0 bridgehead atoms. The molecule has 0 aliphatic carbocycles. The first-order chi connectivity index (χ1) is 8.84. The Morgan fingerprint density at radius 2 is 1.63 bits per heavy atom. The topological polar surface area (TPSA) is 32.3 Å². The van der Waals surface area contributed by atoms with E-state index in [1.165, 1.54) is 11.1 Å². The lowest BCUT2D eigenvalue weighted by atomic mass is 9.94. The molecular formula is C16H26N2O. The maximum Gasteiger partial charge on any atom is 0.251 e. The highest BCUT2D eigenvalue weighted by Crippen LogP contribution is 2.21. The number of carbonyl (C=O) groups is 1. The van der Waals surface area contributed by atoms with Gasteiger partial charge in [0.25, 0.3) is 5.91 Å². The third kappa shape index (κ3) is 4.06. The van der Waals surface area contributed by atoms with Crippen molar-refractivity contribution in [2.45, 2.75) is 34.1 Å². The van der Waals surface area contributed by atoms with E-state index >= 15 is 0 Å². The maximum atomic E-state index is 12.3. The Labute approximate surface area is 117 Å². The summed E-state index contributed by atoms with van der Waals surface area (Å²) >= 11 is 0. The molecule has 0 saturated heterocycles. The van der Waals surface area contributed by atoms with Crippen LogP contribution >= 0.6 is 0 Å². The summed E-state index contributed by atoms with van der Waals surface area (Å²) in [4.78, 5) is 14.4.